The van der Waals surface area contributed by atoms with E-state index in [2.05, 4.69) is 26.2 Å². The molecule has 23 heavy (non-hydrogen) atoms. The number of pyridine rings is 1. The van der Waals surface area contributed by atoms with Gasteiger partial charge in [-0.25, -0.2) is 4.79 Å². The number of benzene rings is 1. The first-order valence-corrected chi connectivity index (χ1v) is 7.68. The number of anilines is 1. The fourth-order valence-electron chi connectivity index (χ4n) is 1.78. The summed E-state index contributed by atoms with van der Waals surface area (Å²) in [4.78, 5) is 27.6. The van der Waals surface area contributed by atoms with Crippen molar-refractivity contribution in [1.82, 2.24) is 4.98 Å². The van der Waals surface area contributed by atoms with E-state index >= 15 is 0 Å². The summed E-state index contributed by atoms with van der Waals surface area (Å²) >= 11 is 3.21. The van der Waals surface area contributed by atoms with E-state index in [-0.39, 0.29) is 5.56 Å². The molecule has 0 unspecified atom stereocenters. The van der Waals surface area contributed by atoms with Crippen molar-refractivity contribution in [3.8, 4) is 5.75 Å². The molecule has 0 spiro atoms. The van der Waals surface area contributed by atoms with Gasteiger partial charge in [0.25, 0.3) is 5.91 Å². The molecule has 7 heteroatoms. The SMILES string of the molecule is CCOc1ccccc1NC(=O)COC(=O)c1cncc(Br)c1. The summed E-state index contributed by atoms with van der Waals surface area (Å²) < 4.78 is 11.0. The Hall–Kier alpha value is -2.41. The van der Waals surface area contributed by atoms with Gasteiger partial charge in [0.2, 0.25) is 0 Å². The highest BCUT2D eigenvalue weighted by Gasteiger charge is 2.12. The first kappa shape index (κ1) is 17.0. The van der Waals surface area contributed by atoms with Gasteiger partial charge in [-0.15, -0.1) is 0 Å². The summed E-state index contributed by atoms with van der Waals surface area (Å²) in [7, 11) is 0. The van der Waals surface area contributed by atoms with Crippen molar-refractivity contribution < 1.29 is 19.1 Å². The Kier molecular flexibility index (Phi) is 6.10. The van der Waals surface area contributed by atoms with Gasteiger partial charge in [-0.2, -0.15) is 0 Å². The smallest absolute Gasteiger partial charge is 0.340 e. The zero-order valence-corrected chi connectivity index (χ0v) is 14.0. The minimum Gasteiger partial charge on any atom is -0.492 e. The molecule has 2 rings (SSSR count). The monoisotopic (exact) mass is 378 g/mol. The van der Waals surface area contributed by atoms with Gasteiger partial charge in [-0.3, -0.25) is 9.78 Å². The number of esters is 1. The molecule has 0 bridgehead atoms. The molecule has 6 nitrogen and oxygen atoms in total. The molecule has 1 aromatic carbocycles. The number of amides is 1. The van der Waals surface area contributed by atoms with Gasteiger partial charge >= 0.3 is 5.97 Å². The van der Waals surface area contributed by atoms with Crippen LogP contribution in [0.1, 0.15) is 17.3 Å². The molecule has 2 aromatic rings. The molecule has 0 radical (unpaired) electrons. The average Bonchev–Trinajstić information content (AvgIpc) is 2.54. The molecule has 1 N–H and O–H groups in total. The number of ether oxygens (including phenoxy) is 2. The maximum atomic E-state index is 11.9. The molecule has 120 valence electrons. The lowest BCUT2D eigenvalue weighted by Crippen LogP contribution is -2.21. The van der Waals surface area contributed by atoms with E-state index < -0.39 is 18.5 Å². The maximum absolute atomic E-state index is 11.9. The first-order chi connectivity index (χ1) is 11.1. The largest absolute Gasteiger partial charge is 0.492 e. The number of nitrogens with one attached hydrogen (secondary N) is 1. The van der Waals surface area contributed by atoms with Gasteiger partial charge in [-0.1, -0.05) is 12.1 Å². The molecule has 1 aromatic heterocycles. The van der Waals surface area contributed by atoms with Crippen LogP contribution in [0.4, 0.5) is 5.69 Å². The summed E-state index contributed by atoms with van der Waals surface area (Å²) in [5.41, 5.74) is 0.793. The van der Waals surface area contributed by atoms with Crippen molar-refractivity contribution in [2.45, 2.75) is 6.92 Å². The van der Waals surface area contributed by atoms with Crippen LogP contribution < -0.4 is 10.1 Å². The molecule has 0 fully saturated rings. The Bertz CT molecular complexity index is 706. The van der Waals surface area contributed by atoms with Crippen LogP contribution in [0.15, 0.2) is 47.2 Å². The highest BCUT2D eigenvalue weighted by Crippen LogP contribution is 2.23. The van der Waals surface area contributed by atoms with Crippen molar-refractivity contribution in [2.75, 3.05) is 18.5 Å². The van der Waals surface area contributed by atoms with E-state index in [4.69, 9.17) is 9.47 Å². The number of hydrogen-bond donors (Lipinski definition) is 1. The maximum Gasteiger partial charge on any atom is 0.340 e. The molecule has 0 aliphatic heterocycles. The molecule has 0 saturated heterocycles. The number of rotatable bonds is 6. The normalized spacial score (nSPS) is 10.0. The van der Waals surface area contributed by atoms with E-state index in [0.29, 0.717) is 22.5 Å². The van der Waals surface area contributed by atoms with Crippen molar-refractivity contribution in [3.05, 3.63) is 52.8 Å². The van der Waals surface area contributed by atoms with Crippen molar-refractivity contribution in [1.29, 1.82) is 0 Å². The van der Waals surface area contributed by atoms with Crippen LogP contribution in [0, 0.1) is 0 Å². The van der Waals surface area contributed by atoms with Crippen LogP contribution in [-0.2, 0) is 9.53 Å². The summed E-state index contributed by atoms with van der Waals surface area (Å²) in [6.45, 7) is 1.94. The quantitative estimate of drug-likeness (QED) is 0.781. The van der Waals surface area contributed by atoms with Crippen molar-refractivity contribution >= 4 is 33.5 Å². The number of aromatic nitrogens is 1. The fourth-order valence-corrected chi connectivity index (χ4v) is 2.14. The van der Waals surface area contributed by atoms with E-state index in [0.717, 1.165) is 0 Å². The Morgan fingerprint density at radius 1 is 1.26 bits per heavy atom. The Morgan fingerprint density at radius 2 is 2.04 bits per heavy atom. The number of para-hydroxylation sites is 2. The summed E-state index contributed by atoms with van der Waals surface area (Å²) in [5.74, 6) is -0.508. The Balaban J connectivity index is 1.92. The van der Waals surface area contributed by atoms with Crippen LogP contribution in [0.3, 0.4) is 0 Å². The van der Waals surface area contributed by atoms with Gasteiger partial charge in [0.1, 0.15) is 5.75 Å². The highest BCUT2D eigenvalue weighted by atomic mass is 79.9. The molecular formula is C16H15BrN2O4. The van der Waals surface area contributed by atoms with Crippen LogP contribution in [-0.4, -0.2) is 30.1 Å². The number of carbonyl (C=O) groups excluding carboxylic acids is 2. The van der Waals surface area contributed by atoms with E-state index in [9.17, 15) is 9.59 Å². The third kappa shape index (κ3) is 5.07. The number of carbonyl (C=O) groups is 2. The third-order valence-corrected chi connectivity index (χ3v) is 3.17. The molecule has 0 atom stereocenters. The predicted octanol–water partition coefficient (Wildman–Crippen LogP) is 3.04. The Morgan fingerprint density at radius 3 is 2.78 bits per heavy atom. The fraction of sp³-hybridized carbons (Fsp3) is 0.188. The lowest BCUT2D eigenvalue weighted by atomic mass is 10.3. The van der Waals surface area contributed by atoms with E-state index in [1.54, 1.807) is 36.5 Å². The molecule has 0 aliphatic carbocycles. The standard InChI is InChI=1S/C16H15BrN2O4/c1-2-22-14-6-4-3-5-13(14)19-15(20)10-23-16(21)11-7-12(17)9-18-8-11/h3-9H,2,10H2,1H3,(H,19,20). The second-order valence-electron chi connectivity index (χ2n) is 4.45. The van der Waals surface area contributed by atoms with Crippen LogP contribution in [0.25, 0.3) is 0 Å². The van der Waals surface area contributed by atoms with Crippen LogP contribution in [0.2, 0.25) is 0 Å². The summed E-state index contributed by atoms with van der Waals surface area (Å²) in [5, 5.41) is 2.65. The van der Waals surface area contributed by atoms with Gasteiger partial charge in [0.15, 0.2) is 6.61 Å². The number of halogens is 1. The summed E-state index contributed by atoms with van der Waals surface area (Å²) in [6.07, 6.45) is 2.92. The first-order valence-electron chi connectivity index (χ1n) is 6.89. The summed E-state index contributed by atoms with van der Waals surface area (Å²) in [6, 6.07) is 8.61. The van der Waals surface area contributed by atoms with Gasteiger partial charge in [-0.05, 0) is 41.1 Å². The van der Waals surface area contributed by atoms with Gasteiger partial charge in [0, 0.05) is 16.9 Å². The van der Waals surface area contributed by atoms with E-state index in [1.807, 2.05) is 6.92 Å². The lowest BCUT2D eigenvalue weighted by molar-refractivity contribution is -0.119. The second-order valence-corrected chi connectivity index (χ2v) is 5.36. The molecule has 0 saturated carbocycles. The average molecular weight is 379 g/mol. The van der Waals surface area contributed by atoms with Crippen molar-refractivity contribution in [3.63, 3.8) is 0 Å². The van der Waals surface area contributed by atoms with Gasteiger partial charge in [0.05, 0.1) is 17.9 Å². The van der Waals surface area contributed by atoms with Crippen LogP contribution in [0.5, 0.6) is 5.75 Å². The molecule has 1 heterocycles. The second kappa shape index (κ2) is 8.28. The Labute approximate surface area is 142 Å². The molecular weight excluding hydrogens is 364 g/mol. The molecule has 0 aliphatic rings. The third-order valence-electron chi connectivity index (χ3n) is 2.74. The minimum atomic E-state index is -0.618. The predicted molar refractivity (Wildman–Crippen MR) is 88.5 cm³/mol. The number of nitrogens with zero attached hydrogens (tertiary/aromatic N) is 1. The lowest BCUT2D eigenvalue weighted by Gasteiger charge is -2.11. The number of hydrogen-bond acceptors (Lipinski definition) is 5. The topological polar surface area (TPSA) is 77.5 Å². The highest BCUT2D eigenvalue weighted by molar-refractivity contribution is 9.10. The minimum absolute atomic E-state index is 0.266. The van der Waals surface area contributed by atoms with E-state index in [1.165, 1.54) is 6.20 Å². The van der Waals surface area contributed by atoms with Crippen molar-refractivity contribution in [2.24, 2.45) is 0 Å². The zero-order valence-electron chi connectivity index (χ0n) is 12.4. The molecule has 1 amide bonds. The van der Waals surface area contributed by atoms with Gasteiger partial charge < -0.3 is 14.8 Å². The zero-order chi connectivity index (χ0) is 16.7. The van der Waals surface area contributed by atoms with Crippen LogP contribution >= 0.6 is 15.9 Å².